The Morgan fingerprint density at radius 1 is 1.10 bits per heavy atom. The molecule has 2 aromatic rings. The van der Waals surface area contributed by atoms with E-state index in [-0.39, 0.29) is 6.61 Å². The van der Waals surface area contributed by atoms with E-state index in [0.717, 1.165) is 24.2 Å². The van der Waals surface area contributed by atoms with Crippen LogP contribution in [0.3, 0.4) is 0 Å². The zero-order valence-electron chi connectivity index (χ0n) is 12.2. The molecular weight excluding hydrogens is 262 g/mol. The molecule has 0 unspecified atom stereocenters. The van der Waals surface area contributed by atoms with Gasteiger partial charge in [-0.05, 0) is 30.5 Å². The minimum atomic E-state index is -0.842. The first-order valence-corrected chi connectivity index (χ1v) is 7.38. The largest absolute Gasteiger partial charge is 0.394 e. The average molecular weight is 283 g/mol. The summed E-state index contributed by atoms with van der Waals surface area (Å²) in [5, 5.41) is 20.1. The lowest BCUT2D eigenvalue weighted by Crippen LogP contribution is -2.53. The van der Waals surface area contributed by atoms with Gasteiger partial charge in [0, 0.05) is 12.2 Å². The summed E-state index contributed by atoms with van der Waals surface area (Å²) in [5.41, 5.74) is 2.83. The fraction of sp³-hybridized carbons (Fsp3) is 0.333. The van der Waals surface area contributed by atoms with Crippen molar-refractivity contribution in [1.29, 1.82) is 0 Å². The van der Waals surface area contributed by atoms with Gasteiger partial charge in [0.25, 0.3) is 0 Å². The molecule has 1 aliphatic heterocycles. The first-order valence-electron chi connectivity index (χ1n) is 7.38. The van der Waals surface area contributed by atoms with Crippen LogP contribution in [0.4, 0.5) is 5.69 Å². The molecule has 3 heteroatoms. The van der Waals surface area contributed by atoms with Crippen LogP contribution in [0.5, 0.6) is 0 Å². The Hall–Kier alpha value is -1.84. The lowest BCUT2D eigenvalue weighted by Gasteiger charge is -2.44. The zero-order valence-corrected chi connectivity index (χ0v) is 12.2. The molecule has 21 heavy (non-hydrogen) atoms. The highest BCUT2D eigenvalue weighted by Crippen LogP contribution is 2.40. The van der Waals surface area contributed by atoms with Gasteiger partial charge in [-0.3, -0.25) is 0 Å². The van der Waals surface area contributed by atoms with Crippen LogP contribution >= 0.6 is 0 Å². The predicted octanol–water partition coefficient (Wildman–Crippen LogP) is 2.32. The van der Waals surface area contributed by atoms with Gasteiger partial charge in [-0.2, -0.15) is 0 Å². The van der Waals surface area contributed by atoms with Crippen LogP contribution in [0.1, 0.15) is 18.1 Å². The SMILES string of the molecule is C[C@](c1ccccc1)([C@H](O)CO)N1CCc2ccccc21. The number of hydrogen-bond acceptors (Lipinski definition) is 3. The second kappa shape index (κ2) is 5.51. The molecule has 110 valence electrons. The van der Waals surface area contributed by atoms with Crippen LogP contribution in [0, 0.1) is 0 Å². The third kappa shape index (κ3) is 2.23. The second-order valence-corrected chi connectivity index (χ2v) is 5.74. The van der Waals surface area contributed by atoms with Crippen molar-refractivity contribution < 1.29 is 10.2 Å². The van der Waals surface area contributed by atoms with E-state index in [2.05, 4.69) is 17.0 Å². The van der Waals surface area contributed by atoms with Crippen molar-refractivity contribution in [2.75, 3.05) is 18.1 Å². The Labute approximate surface area is 125 Å². The summed E-state index contributed by atoms with van der Waals surface area (Å²) in [6.45, 7) is 2.59. The molecule has 1 aliphatic rings. The van der Waals surface area contributed by atoms with E-state index < -0.39 is 11.6 Å². The number of rotatable bonds is 4. The van der Waals surface area contributed by atoms with Gasteiger partial charge in [0.05, 0.1) is 12.1 Å². The summed E-state index contributed by atoms with van der Waals surface area (Å²) in [6, 6.07) is 18.2. The van der Waals surface area contributed by atoms with Crippen molar-refractivity contribution in [1.82, 2.24) is 0 Å². The van der Waals surface area contributed by atoms with Crippen molar-refractivity contribution in [2.45, 2.75) is 25.0 Å². The highest BCUT2D eigenvalue weighted by atomic mass is 16.3. The van der Waals surface area contributed by atoms with Gasteiger partial charge in [-0.15, -0.1) is 0 Å². The number of fused-ring (bicyclic) bond motifs is 1. The maximum atomic E-state index is 10.5. The van der Waals surface area contributed by atoms with Gasteiger partial charge in [-0.1, -0.05) is 48.5 Å². The standard InChI is InChI=1S/C18H21NO2/c1-18(17(21)13-20,15-8-3-2-4-9-15)19-12-11-14-7-5-6-10-16(14)19/h2-10,17,20-21H,11-13H2,1H3/t17-,18+/m1/s1. The Morgan fingerprint density at radius 2 is 1.76 bits per heavy atom. The van der Waals surface area contributed by atoms with Gasteiger partial charge < -0.3 is 15.1 Å². The summed E-state index contributed by atoms with van der Waals surface area (Å²) in [4.78, 5) is 2.22. The van der Waals surface area contributed by atoms with Gasteiger partial charge in [-0.25, -0.2) is 0 Å². The molecule has 0 amide bonds. The fourth-order valence-electron chi connectivity index (χ4n) is 3.30. The molecule has 0 radical (unpaired) electrons. The summed E-state index contributed by atoms with van der Waals surface area (Å²) in [6.07, 6.45) is 0.127. The molecule has 0 bridgehead atoms. The van der Waals surface area contributed by atoms with E-state index in [1.165, 1.54) is 5.56 Å². The molecule has 0 aromatic heterocycles. The average Bonchev–Trinajstić information content (AvgIpc) is 2.98. The van der Waals surface area contributed by atoms with E-state index in [9.17, 15) is 10.2 Å². The quantitative estimate of drug-likeness (QED) is 0.905. The van der Waals surface area contributed by atoms with E-state index in [4.69, 9.17) is 0 Å². The molecule has 0 saturated carbocycles. The van der Waals surface area contributed by atoms with Crippen LogP contribution in [-0.4, -0.2) is 29.5 Å². The van der Waals surface area contributed by atoms with E-state index in [1.54, 1.807) is 0 Å². The lowest BCUT2D eigenvalue weighted by atomic mass is 9.84. The lowest BCUT2D eigenvalue weighted by molar-refractivity contribution is 0.0328. The first kappa shape index (κ1) is 14.1. The number of anilines is 1. The van der Waals surface area contributed by atoms with Gasteiger partial charge in [0.15, 0.2) is 0 Å². The maximum Gasteiger partial charge on any atom is 0.104 e. The number of benzene rings is 2. The summed E-state index contributed by atoms with van der Waals surface area (Å²) in [7, 11) is 0. The number of nitrogens with zero attached hydrogens (tertiary/aromatic N) is 1. The summed E-state index contributed by atoms with van der Waals surface area (Å²) in [5.74, 6) is 0. The Bertz CT molecular complexity index is 614. The summed E-state index contributed by atoms with van der Waals surface area (Å²) >= 11 is 0. The molecule has 3 rings (SSSR count). The van der Waals surface area contributed by atoms with Crippen molar-refractivity contribution in [2.24, 2.45) is 0 Å². The van der Waals surface area contributed by atoms with Crippen molar-refractivity contribution in [3.05, 3.63) is 65.7 Å². The maximum absolute atomic E-state index is 10.5. The molecular formula is C18H21NO2. The van der Waals surface area contributed by atoms with Crippen molar-refractivity contribution in [3.63, 3.8) is 0 Å². The Balaban J connectivity index is 2.10. The molecule has 2 atom stereocenters. The third-order valence-corrected chi connectivity index (χ3v) is 4.63. The van der Waals surface area contributed by atoms with Crippen LogP contribution in [0.15, 0.2) is 54.6 Å². The van der Waals surface area contributed by atoms with E-state index in [1.807, 2.05) is 49.4 Å². The van der Waals surface area contributed by atoms with Gasteiger partial charge in [0.1, 0.15) is 6.10 Å². The number of aliphatic hydroxyl groups is 2. The van der Waals surface area contributed by atoms with Gasteiger partial charge in [0.2, 0.25) is 0 Å². The number of aliphatic hydroxyl groups excluding tert-OH is 2. The molecule has 2 N–H and O–H groups in total. The van der Waals surface area contributed by atoms with Crippen LogP contribution < -0.4 is 4.90 Å². The van der Waals surface area contributed by atoms with Crippen molar-refractivity contribution in [3.8, 4) is 0 Å². The molecule has 3 nitrogen and oxygen atoms in total. The van der Waals surface area contributed by atoms with Crippen LogP contribution in [-0.2, 0) is 12.0 Å². The molecule has 1 heterocycles. The van der Waals surface area contributed by atoms with E-state index >= 15 is 0 Å². The molecule has 0 saturated heterocycles. The number of hydrogen-bond donors (Lipinski definition) is 2. The van der Waals surface area contributed by atoms with E-state index in [0.29, 0.717) is 0 Å². The smallest absolute Gasteiger partial charge is 0.104 e. The predicted molar refractivity (Wildman–Crippen MR) is 84.4 cm³/mol. The highest BCUT2D eigenvalue weighted by Gasteiger charge is 2.42. The molecule has 0 fully saturated rings. The molecule has 0 aliphatic carbocycles. The topological polar surface area (TPSA) is 43.7 Å². The fourth-order valence-corrected chi connectivity index (χ4v) is 3.30. The monoisotopic (exact) mass is 283 g/mol. The van der Waals surface area contributed by atoms with Crippen LogP contribution in [0.25, 0.3) is 0 Å². The number of para-hydroxylation sites is 1. The minimum absolute atomic E-state index is 0.260. The van der Waals surface area contributed by atoms with Gasteiger partial charge >= 0.3 is 0 Å². The highest BCUT2D eigenvalue weighted by molar-refractivity contribution is 5.61. The normalized spacial score (nSPS) is 18.1. The summed E-state index contributed by atoms with van der Waals surface area (Å²) < 4.78 is 0. The molecule has 2 aromatic carbocycles. The van der Waals surface area contributed by atoms with Crippen LogP contribution in [0.2, 0.25) is 0 Å². The Kier molecular flexibility index (Phi) is 3.70. The molecule has 0 spiro atoms. The first-order chi connectivity index (χ1) is 10.2. The van der Waals surface area contributed by atoms with Crippen molar-refractivity contribution >= 4 is 5.69 Å². The third-order valence-electron chi connectivity index (χ3n) is 4.63. The zero-order chi connectivity index (χ0) is 14.9. The Morgan fingerprint density at radius 3 is 2.48 bits per heavy atom. The minimum Gasteiger partial charge on any atom is -0.394 e. The second-order valence-electron chi connectivity index (χ2n) is 5.74.